The summed E-state index contributed by atoms with van der Waals surface area (Å²) in [5, 5.41) is 0. The highest BCUT2D eigenvalue weighted by atomic mass is 32.2. The normalized spacial score (nSPS) is 19.2. The first-order valence-corrected chi connectivity index (χ1v) is 9.49. The molecule has 24 heavy (non-hydrogen) atoms. The van der Waals surface area contributed by atoms with Gasteiger partial charge >= 0.3 is 0 Å². The van der Waals surface area contributed by atoms with Crippen molar-refractivity contribution in [2.24, 2.45) is 0 Å². The summed E-state index contributed by atoms with van der Waals surface area (Å²) in [5.41, 5.74) is 1.00. The van der Waals surface area contributed by atoms with Gasteiger partial charge in [0, 0.05) is 38.6 Å². The summed E-state index contributed by atoms with van der Waals surface area (Å²) in [6.07, 6.45) is 5.31. The topological polar surface area (TPSA) is 66.4 Å². The molecule has 2 aromatic rings. The Morgan fingerprint density at radius 1 is 1.17 bits per heavy atom. The largest absolute Gasteiger partial charge is 0.340 e. The number of nitrogens with zero attached hydrogens (tertiary/aromatic N) is 4. The van der Waals surface area contributed by atoms with Crippen LogP contribution in [0.5, 0.6) is 0 Å². The van der Waals surface area contributed by atoms with Crippen LogP contribution in [-0.2, 0) is 10.0 Å². The maximum Gasteiger partial charge on any atom is 0.243 e. The molecule has 0 spiro atoms. The van der Waals surface area contributed by atoms with E-state index in [-0.39, 0.29) is 6.04 Å². The van der Waals surface area contributed by atoms with Crippen molar-refractivity contribution in [2.75, 3.05) is 25.0 Å². The van der Waals surface area contributed by atoms with Crippen molar-refractivity contribution in [1.82, 2.24) is 14.3 Å². The van der Waals surface area contributed by atoms with Gasteiger partial charge in [-0.05, 0) is 37.5 Å². The fourth-order valence-corrected chi connectivity index (χ4v) is 4.47. The zero-order valence-corrected chi connectivity index (χ0v) is 14.8. The van der Waals surface area contributed by atoms with Gasteiger partial charge in [-0.3, -0.25) is 0 Å². The van der Waals surface area contributed by atoms with Crippen molar-refractivity contribution >= 4 is 16.0 Å². The van der Waals surface area contributed by atoms with Gasteiger partial charge in [0.1, 0.15) is 0 Å². The van der Waals surface area contributed by atoms with Crippen LogP contribution >= 0.6 is 0 Å². The average Bonchev–Trinajstić information content (AvgIpc) is 2.62. The highest BCUT2D eigenvalue weighted by Gasteiger charge is 2.32. The molecule has 0 aliphatic carbocycles. The fraction of sp³-hybridized carbons (Fsp3) is 0.412. The summed E-state index contributed by atoms with van der Waals surface area (Å²) < 4.78 is 27.2. The Bertz CT molecular complexity index is 778. The minimum atomic E-state index is -3.45. The Hall–Kier alpha value is -1.99. The lowest BCUT2D eigenvalue weighted by Crippen LogP contribution is -2.49. The number of benzene rings is 1. The number of aryl methyl sites for hydroxylation is 1. The third-order valence-corrected chi connectivity index (χ3v) is 6.25. The quantitative estimate of drug-likeness (QED) is 0.848. The van der Waals surface area contributed by atoms with Crippen molar-refractivity contribution in [3.8, 4) is 0 Å². The van der Waals surface area contributed by atoms with Gasteiger partial charge in [0.25, 0.3) is 0 Å². The summed E-state index contributed by atoms with van der Waals surface area (Å²) in [6.45, 7) is 2.94. The van der Waals surface area contributed by atoms with Crippen LogP contribution in [-0.4, -0.2) is 48.9 Å². The van der Waals surface area contributed by atoms with Crippen molar-refractivity contribution in [3.05, 3.63) is 48.3 Å². The first-order chi connectivity index (χ1) is 11.5. The molecule has 1 aliphatic heterocycles. The fourth-order valence-electron chi connectivity index (χ4n) is 2.93. The van der Waals surface area contributed by atoms with Gasteiger partial charge in [0.05, 0.1) is 4.90 Å². The molecule has 1 fully saturated rings. The number of likely N-dealkylation sites (N-methyl/N-ethyl adjacent to an activating group) is 1. The Kier molecular flexibility index (Phi) is 4.82. The van der Waals surface area contributed by atoms with Crippen LogP contribution in [0.3, 0.4) is 0 Å². The van der Waals surface area contributed by atoms with Gasteiger partial charge in [-0.25, -0.2) is 18.4 Å². The highest BCUT2D eigenvalue weighted by molar-refractivity contribution is 7.89. The van der Waals surface area contributed by atoms with E-state index >= 15 is 0 Å². The van der Waals surface area contributed by atoms with E-state index in [0.717, 1.165) is 18.4 Å². The van der Waals surface area contributed by atoms with Gasteiger partial charge in [-0.1, -0.05) is 18.2 Å². The molecule has 1 aliphatic rings. The second-order valence-corrected chi connectivity index (χ2v) is 8.08. The van der Waals surface area contributed by atoms with E-state index in [0.29, 0.717) is 23.9 Å². The van der Waals surface area contributed by atoms with Gasteiger partial charge in [-0.2, -0.15) is 4.31 Å². The standard InChI is InChI=1S/C17H22N4O2S/c1-14-11-18-17(19-12-14)20(2)15-7-6-10-21(13-15)24(22,23)16-8-4-3-5-9-16/h3-5,8-9,11-12,15H,6-7,10,13H2,1-2H3. The number of hydrogen-bond donors (Lipinski definition) is 0. The smallest absolute Gasteiger partial charge is 0.243 e. The molecule has 2 heterocycles. The van der Waals surface area contributed by atoms with E-state index in [9.17, 15) is 8.42 Å². The molecule has 0 bridgehead atoms. The molecule has 0 radical (unpaired) electrons. The van der Waals surface area contributed by atoms with Crippen LogP contribution < -0.4 is 4.90 Å². The first kappa shape index (κ1) is 16.9. The maximum absolute atomic E-state index is 12.8. The summed E-state index contributed by atoms with van der Waals surface area (Å²) in [5.74, 6) is 0.629. The lowest BCUT2D eigenvalue weighted by atomic mass is 10.1. The molecular weight excluding hydrogens is 324 g/mol. The monoisotopic (exact) mass is 346 g/mol. The summed E-state index contributed by atoms with van der Waals surface area (Å²) in [6, 6.07) is 8.68. The number of rotatable bonds is 4. The van der Waals surface area contributed by atoms with Crippen molar-refractivity contribution < 1.29 is 8.42 Å². The summed E-state index contributed by atoms with van der Waals surface area (Å²) in [4.78, 5) is 11.0. The van der Waals surface area contributed by atoms with Crippen molar-refractivity contribution in [2.45, 2.75) is 30.7 Å². The number of aromatic nitrogens is 2. The van der Waals surface area contributed by atoms with Gasteiger partial charge in [0.2, 0.25) is 16.0 Å². The Morgan fingerprint density at radius 2 is 1.83 bits per heavy atom. The van der Waals surface area contributed by atoms with Crippen molar-refractivity contribution in [1.29, 1.82) is 0 Å². The molecule has 6 nitrogen and oxygen atoms in total. The van der Waals surface area contributed by atoms with E-state index in [1.807, 2.05) is 24.9 Å². The zero-order valence-electron chi connectivity index (χ0n) is 14.0. The molecular formula is C17H22N4O2S. The van der Waals surface area contributed by atoms with Gasteiger partial charge in [0.15, 0.2) is 0 Å². The first-order valence-electron chi connectivity index (χ1n) is 8.05. The van der Waals surface area contributed by atoms with E-state index in [1.54, 1.807) is 41.0 Å². The lowest BCUT2D eigenvalue weighted by molar-refractivity contribution is 0.309. The molecule has 128 valence electrons. The number of sulfonamides is 1. The molecule has 1 aromatic carbocycles. The van der Waals surface area contributed by atoms with Crippen LogP contribution in [0.25, 0.3) is 0 Å². The van der Waals surface area contributed by atoms with E-state index in [2.05, 4.69) is 9.97 Å². The second kappa shape index (κ2) is 6.86. The van der Waals surface area contributed by atoms with Crippen LogP contribution in [0, 0.1) is 6.92 Å². The molecule has 1 unspecified atom stereocenters. The SMILES string of the molecule is Cc1cnc(N(C)C2CCCN(S(=O)(=O)c3ccccc3)C2)nc1. The minimum absolute atomic E-state index is 0.0694. The third-order valence-electron chi connectivity index (χ3n) is 4.37. The molecule has 1 aromatic heterocycles. The molecule has 0 amide bonds. The van der Waals surface area contributed by atoms with Crippen LogP contribution in [0.2, 0.25) is 0 Å². The Balaban J connectivity index is 1.78. The molecule has 0 saturated carbocycles. The van der Waals surface area contributed by atoms with E-state index in [1.165, 1.54) is 0 Å². The minimum Gasteiger partial charge on any atom is -0.340 e. The Morgan fingerprint density at radius 3 is 2.50 bits per heavy atom. The second-order valence-electron chi connectivity index (χ2n) is 6.14. The summed E-state index contributed by atoms with van der Waals surface area (Å²) in [7, 11) is -1.53. The lowest BCUT2D eigenvalue weighted by Gasteiger charge is -2.36. The van der Waals surface area contributed by atoms with Crippen molar-refractivity contribution in [3.63, 3.8) is 0 Å². The van der Waals surface area contributed by atoms with Crippen LogP contribution in [0.15, 0.2) is 47.6 Å². The maximum atomic E-state index is 12.8. The number of hydrogen-bond acceptors (Lipinski definition) is 5. The molecule has 0 N–H and O–H groups in total. The van der Waals surface area contributed by atoms with Crippen LogP contribution in [0.1, 0.15) is 18.4 Å². The van der Waals surface area contributed by atoms with E-state index in [4.69, 9.17) is 0 Å². The zero-order chi connectivity index (χ0) is 17.2. The summed E-state index contributed by atoms with van der Waals surface area (Å²) >= 11 is 0. The molecule has 7 heteroatoms. The predicted molar refractivity (Wildman–Crippen MR) is 93.4 cm³/mol. The molecule has 1 atom stereocenters. The molecule has 3 rings (SSSR count). The van der Waals surface area contributed by atoms with Crippen LogP contribution in [0.4, 0.5) is 5.95 Å². The van der Waals surface area contributed by atoms with Gasteiger partial charge < -0.3 is 4.90 Å². The average molecular weight is 346 g/mol. The predicted octanol–water partition coefficient (Wildman–Crippen LogP) is 2.07. The Labute approximate surface area is 143 Å². The van der Waals surface area contributed by atoms with E-state index < -0.39 is 10.0 Å². The molecule has 1 saturated heterocycles. The third kappa shape index (κ3) is 3.42. The number of piperidine rings is 1. The number of anilines is 1. The van der Waals surface area contributed by atoms with Gasteiger partial charge in [-0.15, -0.1) is 0 Å². The highest BCUT2D eigenvalue weighted by Crippen LogP contribution is 2.24.